The van der Waals surface area contributed by atoms with E-state index in [2.05, 4.69) is 120 Å². The maximum absolute atomic E-state index is 2.66. The average Bonchev–Trinajstić information content (AvgIpc) is 2.50. The first-order chi connectivity index (χ1) is 11.8. The number of rotatable bonds is 6. The van der Waals surface area contributed by atoms with Crippen molar-refractivity contribution in [3.8, 4) is 0 Å². The van der Waals surface area contributed by atoms with Crippen molar-refractivity contribution < 1.29 is 0 Å². The van der Waals surface area contributed by atoms with Crippen LogP contribution in [0.5, 0.6) is 0 Å². The van der Waals surface area contributed by atoms with Crippen LogP contribution in [0.2, 0.25) is 58.9 Å². The fourth-order valence-corrected chi connectivity index (χ4v) is 45.5. The van der Waals surface area contributed by atoms with Crippen LogP contribution in [0.25, 0.3) is 0 Å². The molecule has 0 aliphatic rings. The van der Waals surface area contributed by atoms with Crippen LogP contribution in [0.1, 0.15) is 0 Å². The summed E-state index contributed by atoms with van der Waals surface area (Å²) in [5, 5.41) is 3.17. The zero-order valence-electron chi connectivity index (χ0n) is 18.2. The largest absolute Gasteiger partial charge is 0.0693 e. The Labute approximate surface area is 166 Å². The van der Waals surface area contributed by atoms with Crippen LogP contribution >= 0.6 is 7.92 Å². The van der Waals surface area contributed by atoms with E-state index >= 15 is 0 Å². The van der Waals surface area contributed by atoms with Gasteiger partial charge in [-0.05, 0) is 22.6 Å². The normalized spacial score (nSPS) is 13.9. The molecule has 26 heavy (non-hydrogen) atoms. The van der Waals surface area contributed by atoms with Gasteiger partial charge in [-0.2, -0.15) is 0 Å². The van der Waals surface area contributed by atoms with E-state index in [0.717, 1.165) is 0 Å². The van der Waals surface area contributed by atoms with Crippen molar-refractivity contribution in [2.75, 3.05) is 0 Å². The average molecular weight is 417 g/mol. The third-order valence-corrected chi connectivity index (χ3v) is 36.0. The van der Waals surface area contributed by atoms with Gasteiger partial charge in [0, 0.05) is 0 Å². The van der Waals surface area contributed by atoms with E-state index in [-0.39, 0.29) is 7.92 Å². The monoisotopic (exact) mass is 416 g/mol. The highest BCUT2D eigenvalue weighted by atomic mass is 31.1. The second-order valence-electron chi connectivity index (χ2n) is 10.5. The molecule has 142 valence electrons. The van der Waals surface area contributed by atoms with Crippen LogP contribution in [0.4, 0.5) is 0 Å². The van der Waals surface area contributed by atoms with Crippen molar-refractivity contribution in [1.82, 2.24) is 0 Å². The molecule has 0 aliphatic heterocycles. The zero-order valence-corrected chi connectivity index (χ0v) is 22.1. The lowest BCUT2D eigenvalue weighted by Gasteiger charge is -2.63. The molecule has 0 radical (unpaired) electrons. The topological polar surface area (TPSA) is 0 Å². The highest BCUT2D eigenvalue weighted by Gasteiger charge is 2.63. The molecule has 0 saturated heterocycles. The third-order valence-electron chi connectivity index (χ3n) is 5.62. The predicted molar refractivity (Wildman–Crippen MR) is 132 cm³/mol. The summed E-state index contributed by atoms with van der Waals surface area (Å²) in [5.74, 6) is 0. The first-order valence-electron chi connectivity index (χ1n) is 9.74. The lowest BCUT2D eigenvalue weighted by atomic mass is 10.4. The van der Waals surface area contributed by atoms with E-state index in [4.69, 9.17) is 0 Å². The third kappa shape index (κ3) is 3.73. The molecule has 0 aromatic heterocycles. The Morgan fingerprint density at radius 2 is 0.769 bits per heavy atom. The van der Waals surface area contributed by atoms with E-state index < -0.39 is 24.2 Å². The quantitative estimate of drug-likeness (QED) is 0.373. The molecule has 0 atom stereocenters. The Kier molecular flexibility index (Phi) is 6.30. The summed E-state index contributed by atoms with van der Waals surface area (Å²) >= 11 is 0. The van der Waals surface area contributed by atoms with E-state index in [1.165, 1.54) is 0 Å². The molecule has 2 aromatic carbocycles. The van der Waals surface area contributed by atoms with Crippen molar-refractivity contribution in [2.45, 2.75) is 62.9 Å². The summed E-state index contributed by atoms with van der Waals surface area (Å²) in [4.78, 5) is 0. The maximum Gasteiger partial charge on any atom is 0.0505 e. The molecular formula is C22H37PSi3. The van der Waals surface area contributed by atoms with Crippen molar-refractivity contribution >= 4 is 42.8 Å². The molecule has 0 amide bonds. The Hall–Kier alpha value is -0.479. The highest BCUT2D eigenvalue weighted by Crippen LogP contribution is 2.61. The van der Waals surface area contributed by atoms with E-state index in [1.54, 1.807) is 10.6 Å². The lowest BCUT2D eigenvalue weighted by Crippen LogP contribution is -2.77. The van der Waals surface area contributed by atoms with Gasteiger partial charge in [-0.25, -0.2) is 0 Å². The molecule has 0 nitrogen and oxygen atoms in total. The Morgan fingerprint density at radius 1 is 0.500 bits per heavy atom. The fraction of sp³-hybridized carbons (Fsp3) is 0.455. The van der Waals surface area contributed by atoms with Crippen molar-refractivity contribution in [2.24, 2.45) is 0 Å². The van der Waals surface area contributed by atoms with Gasteiger partial charge in [0.2, 0.25) is 0 Å². The number of benzene rings is 2. The Bertz CT molecular complexity index is 631. The molecule has 0 spiro atoms. The lowest BCUT2D eigenvalue weighted by molar-refractivity contribution is 1.27. The first-order valence-corrected chi connectivity index (χ1v) is 21.6. The molecule has 0 N–H and O–H groups in total. The zero-order chi connectivity index (χ0) is 19.8. The van der Waals surface area contributed by atoms with Crippen molar-refractivity contribution in [3.05, 3.63) is 60.7 Å². The van der Waals surface area contributed by atoms with Gasteiger partial charge in [0.1, 0.15) is 0 Å². The van der Waals surface area contributed by atoms with Gasteiger partial charge in [0.15, 0.2) is 0 Å². The molecule has 0 heterocycles. The summed E-state index contributed by atoms with van der Waals surface area (Å²) in [6.45, 7) is 23.9. The van der Waals surface area contributed by atoms with Crippen molar-refractivity contribution in [3.63, 3.8) is 0 Å². The van der Waals surface area contributed by atoms with Crippen LogP contribution in [0, 0.1) is 0 Å². The van der Waals surface area contributed by atoms with Crippen LogP contribution in [-0.4, -0.2) is 28.2 Å². The van der Waals surface area contributed by atoms with Crippen LogP contribution in [0.3, 0.4) is 0 Å². The second kappa shape index (κ2) is 7.50. The predicted octanol–water partition coefficient (Wildman–Crippen LogP) is 6.49. The second-order valence-corrected chi connectivity index (χ2v) is 31.4. The van der Waals surface area contributed by atoms with E-state index in [0.29, 0.717) is 4.03 Å². The smallest absolute Gasteiger partial charge is 0.0505 e. The van der Waals surface area contributed by atoms with Gasteiger partial charge in [-0.3, -0.25) is 0 Å². The molecule has 0 unspecified atom stereocenters. The SMILES string of the molecule is C[Si](C)(C)C(P(c1ccccc1)c1ccccc1)([Si](C)(C)C)[Si](C)(C)C. The van der Waals surface area contributed by atoms with Crippen LogP contribution in [-0.2, 0) is 0 Å². The van der Waals surface area contributed by atoms with Gasteiger partial charge in [0.05, 0.1) is 24.2 Å². The molecule has 2 aromatic rings. The van der Waals surface area contributed by atoms with E-state index in [9.17, 15) is 0 Å². The van der Waals surface area contributed by atoms with Crippen molar-refractivity contribution in [1.29, 1.82) is 0 Å². The molecule has 0 bridgehead atoms. The van der Waals surface area contributed by atoms with Gasteiger partial charge in [-0.15, -0.1) is 0 Å². The summed E-state index contributed by atoms with van der Waals surface area (Å²) in [5.41, 5.74) is 0. The molecule has 2 rings (SSSR count). The minimum atomic E-state index is -1.48. The molecule has 4 heteroatoms. The number of hydrogen-bond acceptors (Lipinski definition) is 0. The summed E-state index contributed by atoms with van der Waals surface area (Å²) < 4.78 is 0.519. The summed E-state index contributed by atoms with van der Waals surface area (Å²) in [7, 11) is -4.83. The molecular weight excluding hydrogens is 379 g/mol. The summed E-state index contributed by atoms with van der Waals surface area (Å²) in [6.07, 6.45) is 0. The Balaban J connectivity index is 2.96. The summed E-state index contributed by atoms with van der Waals surface area (Å²) in [6, 6.07) is 23.0. The molecule has 0 aliphatic carbocycles. The standard InChI is InChI=1S/C22H37PSi3/c1-24(2,3)22(25(4,5)6,26(7,8)9)23(20-16-12-10-13-17-20)21-18-14-11-15-19-21/h10-19H,1-9H3. The molecule has 0 saturated carbocycles. The van der Waals surface area contributed by atoms with Gasteiger partial charge in [0.25, 0.3) is 0 Å². The van der Waals surface area contributed by atoms with Crippen LogP contribution in [0.15, 0.2) is 60.7 Å². The molecule has 0 fully saturated rings. The minimum Gasteiger partial charge on any atom is -0.0693 e. The van der Waals surface area contributed by atoms with Gasteiger partial charge in [-0.1, -0.05) is 120 Å². The van der Waals surface area contributed by atoms with Crippen LogP contribution < -0.4 is 10.6 Å². The maximum atomic E-state index is 2.66. The highest BCUT2D eigenvalue weighted by molar-refractivity contribution is 7.83. The number of hydrogen-bond donors (Lipinski definition) is 0. The minimum absolute atomic E-state index is 0.378. The fourth-order valence-electron chi connectivity index (χ4n) is 6.07. The Morgan fingerprint density at radius 3 is 1.00 bits per heavy atom. The van der Waals surface area contributed by atoms with Gasteiger partial charge < -0.3 is 0 Å². The van der Waals surface area contributed by atoms with Gasteiger partial charge >= 0.3 is 0 Å². The van der Waals surface area contributed by atoms with E-state index in [1.807, 2.05) is 0 Å². The first kappa shape index (κ1) is 21.8.